The molecule has 1 aliphatic heterocycles. The molecule has 1 fully saturated rings. The van der Waals surface area contributed by atoms with Crippen molar-refractivity contribution >= 4 is 21.4 Å². The van der Waals surface area contributed by atoms with Gasteiger partial charge in [0.15, 0.2) is 9.84 Å². The van der Waals surface area contributed by atoms with E-state index in [2.05, 4.69) is 10.6 Å². The van der Waals surface area contributed by atoms with Gasteiger partial charge in [0.25, 0.3) is 0 Å². The summed E-state index contributed by atoms with van der Waals surface area (Å²) in [6, 6.07) is 6.53. The molecule has 104 valence electrons. The van der Waals surface area contributed by atoms with Crippen molar-refractivity contribution in [3.63, 3.8) is 0 Å². The highest BCUT2D eigenvalue weighted by Gasteiger charge is 2.22. The van der Waals surface area contributed by atoms with Crippen LogP contribution in [0.25, 0.3) is 0 Å². The first-order chi connectivity index (χ1) is 9.03. The molecule has 0 radical (unpaired) electrons. The van der Waals surface area contributed by atoms with E-state index < -0.39 is 9.84 Å². The molecule has 1 aliphatic rings. The molecule has 0 aromatic heterocycles. The number of para-hydroxylation sites is 1. The number of rotatable bonds is 5. The van der Waals surface area contributed by atoms with Crippen LogP contribution >= 0.6 is 0 Å². The Labute approximate surface area is 113 Å². The number of carbonyl (C=O) groups is 1. The summed E-state index contributed by atoms with van der Waals surface area (Å²) in [6.07, 6.45) is 0.424. The Morgan fingerprint density at radius 1 is 1.37 bits per heavy atom. The number of hydrogen-bond donors (Lipinski definition) is 2. The molecule has 0 spiro atoms. The number of amides is 1. The minimum Gasteiger partial charge on any atom is -0.325 e. The maximum Gasteiger partial charge on any atom is 0.224 e. The van der Waals surface area contributed by atoms with Crippen LogP contribution in [0.1, 0.15) is 13.3 Å². The molecule has 6 heteroatoms. The highest BCUT2D eigenvalue weighted by atomic mass is 32.2. The van der Waals surface area contributed by atoms with E-state index in [0.29, 0.717) is 18.0 Å². The van der Waals surface area contributed by atoms with Gasteiger partial charge in [-0.3, -0.25) is 4.79 Å². The maximum atomic E-state index is 11.9. The van der Waals surface area contributed by atoms with Gasteiger partial charge in [0, 0.05) is 6.42 Å². The summed E-state index contributed by atoms with van der Waals surface area (Å²) in [5.41, 5.74) is 0.377. The molecular weight excluding hydrogens is 264 g/mol. The molecule has 0 bridgehead atoms. The normalized spacial score (nSPS) is 15.8. The van der Waals surface area contributed by atoms with Crippen LogP contribution in [-0.2, 0) is 14.6 Å². The van der Waals surface area contributed by atoms with Crippen LogP contribution in [0.5, 0.6) is 0 Å². The van der Waals surface area contributed by atoms with Gasteiger partial charge in [0.05, 0.1) is 16.3 Å². The molecule has 1 aromatic rings. The Balaban J connectivity index is 2.13. The van der Waals surface area contributed by atoms with Crippen LogP contribution in [0.3, 0.4) is 0 Å². The first kappa shape index (κ1) is 14.0. The molecule has 1 aromatic carbocycles. The summed E-state index contributed by atoms with van der Waals surface area (Å²) >= 11 is 0. The van der Waals surface area contributed by atoms with Crippen molar-refractivity contribution in [3.05, 3.63) is 24.3 Å². The van der Waals surface area contributed by atoms with Gasteiger partial charge in [-0.2, -0.15) is 0 Å². The topological polar surface area (TPSA) is 75.3 Å². The highest BCUT2D eigenvalue weighted by molar-refractivity contribution is 7.91. The first-order valence-corrected chi connectivity index (χ1v) is 8.00. The van der Waals surface area contributed by atoms with Gasteiger partial charge >= 0.3 is 0 Å². The zero-order valence-corrected chi connectivity index (χ0v) is 11.7. The number of anilines is 1. The zero-order valence-electron chi connectivity index (χ0n) is 10.8. The second-order valence-electron chi connectivity index (χ2n) is 4.68. The van der Waals surface area contributed by atoms with Crippen molar-refractivity contribution in [2.45, 2.75) is 18.2 Å². The van der Waals surface area contributed by atoms with E-state index in [1.54, 1.807) is 25.1 Å². The van der Waals surface area contributed by atoms with E-state index in [0.717, 1.165) is 13.1 Å². The number of benzene rings is 1. The van der Waals surface area contributed by atoms with Crippen molar-refractivity contribution in [2.75, 3.05) is 24.2 Å². The maximum absolute atomic E-state index is 11.9. The third-order valence-corrected chi connectivity index (χ3v) is 5.00. The lowest BCUT2D eigenvalue weighted by molar-refractivity contribution is -0.117. The van der Waals surface area contributed by atoms with Crippen LogP contribution in [0, 0.1) is 5.92 Å². The fourth-order valence-electron chi connectivity index (χ4n) is 1.95. The van der Waals surface area contributed by atoms with Crippen LogP contribution in [0.4, 0.5) is 5.69 Å². The molecule has 1 amide bonds. The van der Waals surface area contributed by atoms with Crippen molar-refractivity contribution in [1.29, 1.82) is 0 Å². The Bertz CT molecular complexity index is 565. The molecule has 0 unspecified atom stereocenters. The van der Waals surface area contributed by atoms with E-state index in [9.17, 15) is 13.2 Å². The lowest BCUT2D eigenvalue weighted by atomic mass is 9.99. The monoisotopic (exact) mass is 282 g/mol. The lowest BCUT2D eigenvalue weighted by Gasteiger charge is -2.26. The van der Waals surface area contributed by atoms with Gasteiger partial charge in [-0.05, 0) is 31.1 Å². The molecule has 5 nitrogen and oxygen atoms in total. The Morgan fingerprint density at radius 2 is 2.05 bits per heavy atom. The Morgan fingerprint density at radius 3 is 2.63 bits per heavy atom. The molecule has 0 saturated carbocycles. The van der Waals surface area contributed by atoms with Crippen LogP contribution < -0.4 is 10.6 Å². The van der Waals surface area contributed by atoms with Gasteiger partial charge in [0.2, 0.25) is 5.91 Å². The summed E-state index contributed by atoms with van der Waals surface area (Å²) < 4.78 is 23.9. The van der Waals surface area contributed by atoms with Crippen LogP contribution in [0.15, 0.2) is 29.2 Å². The third-order valence-electron chi connectivity index (χ3n) is 3.22. The van der Waals surface area contributed by atoms with Gasteiger partial charge in [-0.15, -0.1) is 0 Å². The number of carbonyl (C=O) groups excluding carboxylic acids is 1. The van der Waals surface area contributed by atoms with E-state index in [1.165, 1.54) is 6.07 Å². The minimum atomic E-state index is -3.32. The van der Waals surface area contributed by atoms with Gasteiger partial charge in [0.1, 0.15) is 0 Å². The predicted molar refractivity (Wildman–Crippen MR) is 73.8 cm³/mol. The molecule has 19 heavy (non-hydrogen) atoms. The fraction of sp³-hybridized carbons (Fsp3) is 0.462. The smallest absolute Gasteiger partial charge is 0.224 e. The zero-order chi connectivity index (χ0) is 13.9. The SMILES string of the molecule is CCS(=O)(=O)c1ccccc1NC(=O)CC1CNC1. The molecule has 2 N–H and O–H groups in total. The summed E-state index contributed by atoms with van der Waals surface area (Å²) in [4.78, 5) is 12.0. The second-order valence-corrected chi connectivity index (χ2v) is 6.92. The average molecular weight is 282 g/mol. The summed E-state index contributed by atoms with van der Waals surface area (Å²) in [5, 5.41) is 5.80. The fourth-order valence-corrected chi connectivity index (χ4v) is 3.00. The van der Waals surface area contributed by atoms with Crippen molar-refractivity contribution in [2.24, 2.45) is 5.92 Å². The molecule has 1 saturated heterocycles. The number of sulfone groups is 1. The molecular formula is C13H18N2O3S. The van der Waals surface area contributed by atoms with E-state index in [4.69, 9.17) is 0 Å². The predicted octanol–water partition coefficient (Wildman–Crippen LogP) is 1.03. The summed E-state index contributed by atoms with van der Waals surface area (Å²) in [6.45, 7) is 3.29. The number of nitrogens with one attached hydrogen (secondary N) is 2. The van der Waals surface area contributed by atoms with E-state index in [1.807, 2.05) is 0 Å². The van der Waals surface area contributed by atoms with E-state index in [-0.39, 0.29) is 16.6 Å². The first-order valence-electron chi connectivity index (χ1n) is 6.35. The van der Waals surface area contributed by atoms with Crippen LogP contribution in [0.2, 0.25) is 0 Å². The minimum absolute atomic E-state index is 0.0203. The van der Waals surface area contributed by atoms with Gasteiger partial charge < -0.3 is 10.6 Å². The molecule has 2 rings (SSSR count). The van der Waals surface area contributed by atoms with E-state index >= 15 is 0 Å². The Kier molecular flexibility index (Phi) is 4.21. The van der Waals surface area contributed by atoms with Crippen LogP contribution in [-0.4, -0.2) is 33.2 Å². The largest absolute Gasteiger partial charge is 0.325 e. The number of hydrogen-bond acceptors (Lipinski definition) is 4. The average Bonchev–Trinajstić information content (AvgIpc) is 2.34. The third kappa shape index (κ3) is 3.33. The van der Waals surface area contributed by atoms with Gasteiger partial charge in [-0.1, -0.05) is 19.1 Å². The highest BCUT2D eigenvalue weighted by Crippen LogP contribution is 2.22. The summed E-state index contributed by atoms with van der Waals surface area (Å²) in [5.74, 6) is 0.243. The van der Waals surface area contributed by atoms with Gasteiger partial charge in [-0.25, -0.2) is 8.42 Å². The summed E-state index contributed by atoms with van der Waals surface area (Å²) in [7, 11) is -3.32. The van der Waals surface area contributed by atoms with Crippen molar-refractivity contribution in [1.82, 2.24) is 5.32 Å². The standard InChI is InChI=1S/C13H18N2O3S/c1-2-19(17,18)12-6-4-3-5-11(12)15-13(16)7-10-8-14-9-10/h3-6,10,14H,2,7-9H2,1H3,(H,15,16). The Hall–Kier alpha value is -1.40. The quantitative estimate of drug-likeness (QED) is 0.846. The second kappa shape index (κ2) is 5.71. The van der Waals surface area contributed by atoms with Crippen molar-refractivity contribution < 1.29 is 13.2 Å². The molecule has 0 aliphatic carbocycles. The van der Waals surface area contributed by atoms with Crippen molar-refractivity contribution in [3.8, 4) is 0 Å². The molecule has 1 heterocycles. The molecule has 0 atom stereocenters. The lowest BCUT2D eigenvalue weighted by Crippen LogP contribution is -2.43.